The van der Waals surface area contributed by atoms with E-state index < -0.39 is 6.03 Å². The fourth-order valence-corrected chi connectivity index (χ4v) is 3.94. The van der Waals surface area contributed by atoms with Crippen LogP contribution < -0.4 is 10.6 Å². The smallest absolute Gasteiger partial charge is 0.315 e. The van der Waals surface area contributed by atoms with Crippen LogP contribution in [0.4, 0.5) is 16.3 Å². The van der Waals surface area contributed by atoms with Crippen molar-refractivity contribution in [2.45, 2.75) is 13.3 Å². The number of benzene rings is 3. The second-order valence-corrected chi connectivity index (χ2v) is 8.87. The van der Waals surface area contributed by atoms with Crippen molar-refractivity contribution >= 4 is 46.6 Å². The number of nitrogens with zero attached hydrogens (tertiary/aromatic N) is 3. The molecule has 0 aliphatic carbocycles. The molecule has 0 bridgehead atoms. The molecule has 2 N–H and O–H groups in total. The maximum Gasteiger partial charge on any atom is 0.322 e. The van der Waals surface area contributed by atoms with Gasteiger partial charge < -0.3 is 15.5 Å². The van der Waals surface area contributed by atoms with Crippen LogP contribution in [-0.4, -0.2) is 39.7 Å². The molecule has 0 saturated carbocycles. The molecule has 0 spiro atoms. The molecule has 1 aromatic heterocycles. The number of hydrogen-bond donors (Lipinski definition) is 2. The highest BCUT2D eigenvalue weighted by atomic mass is 35.5. The first kappa shape index (κ1) is 25.3. The number of anilines is 2. The molecule has 1 heterocycles. The molecule has 3 aromatic carbocycles. The second-order valence-electron chi connectivity index (χ2n) is 8.06. The van der Waals surface area contributed by atoms with Crippen molar-refractivity contribution < 1.29 is 9.59 Å². The van der Waals surface area contributed by atoms with Crippen molar-refractivity contribution in [2.75, 3.05) is 23.7 Å². The summed E-state index contributed by atoms with van der Waals surface area (Å²) in [7, 11) is 0. The summed E-state index contributed by atoms with van der Waals surface area (Å²) in [5.74, 6) is 0.163. The fraction of sp³-hybridized carbons (Fsp3) is 0.148. The summed E-state index contributed by atoms with van der Waals surface area (Å²) in [5.41, 5.74) is 2.94. The van der Waals surface area contributed by atoms with Crippen molar-refractivity contribution in [3.8, 4) is 16.9 Å². The monoisotopic (exact) mass is 521 g/mol. The summed E-state index contributed by atoms with van der Waals surface area (Å²) >= 11 is 12.0. The van der Waals surface area contributed by atoms with Crippen molar-refractivity contribution in [1.82, 2.24) is 14.7 Å². The lowest BCUT2D eigenvalue weighted by Gasteiger charge is -2.22. The van der Waals surface area contributed by atoms with E-state index in [4.69, 9.17) is 28.3 Å². The van der Waals surface area contributed by atoms with Gasteiger partial charge in [-0.3, -0.25) is 4.79 Å². The Kier molecular flexibility index (Phi) is 8.25. The first-order chi connectivity index (χ1) is 17.4. The van der Waals surface area contributed by atoms with Gasteiger partial charge in [0.15, 0.2) is 0 Å². The van der Waals surface area contributed by atoms with Gasteiger partial charge >= 0.3 is 6.03 Å². The van der Waals surface area contributed by atoms with E-state index in [0.29, 0.717) is 34.5 Å². The van der Waals surface area contributed by atoms with Gasteiger partial charge in [-0.05, 0) is 36.8 Å². The minimum absolute atomic E-state index is 0.137. The van der Waals surface area contributed by atoms with E-state index in [1.165, 1.54) is 4.90 Å². The third-order valence-electron chi connectivity index (χ3n) is 5.33. The summed E-state index contributed by atoms with van der Waals surface area (Å²) in [5, 5.41) is 11.1. The number of para-hydroxylation sites is 1. The van der Waals surface area contributed by atoms with E-state index in [-0.39, 0.29) is 12.5 Å². The van der Waals surface area contributed by atoms with Crippen LogP contribution in [0.15, 0.2) is 84.9 Å². The number of aromatic nitrogens is 2. The summed E-state index contributed by atoms with van der Waals surface area (Å²) < 4.78 is 1.68. The fourth-order valence-electron chi connectivity index (χ4n) is 3.64. The minimum Gasteiger partial charge on any atom is -0.315 e. The molecular formula is C27H25Cl2N5O2. The predicted molar refractivity (Wildman–Crippen MR) is 145 cm³/mol. The molecule has 0 unspecified atom stereocenters. The van der Waals surface area contributed by atoms with Gasteiger partial charge in [-0.25, -0.2) is 9.48 Å². The van der Waals surface area contributed by atoms with Gasteiger partial charge in [0.1, 0.15) is 12.4 Å². The molecule has 0 aliphatic heterocycles. The first-order valence-electron chi connectivity index (χ1n) is 11.5. The molecule has 3 amide bonds. The van der Waals surface area contributed by atoms with E-state index in [1.54, 1.807) is 22.9 Å². The van der Waals surface area contributed by atoms with Crippen molar-refractivity contribution in [3.05, 3.63) is 95.0 Å². The average molecular weight is 522 g/mol. The highest BCUT2D eigenvalue weighted by Crippen LogP contribution is 2.26. The first-order valence-corrected chi connectivity index (χ1v) is 12.2. The molecule has 36 heavy (non-hydrogen) atoms. The third kappa shape index (κ3) is 6.24. The molecule has 0 fully saturated rings. The summed E-state index contributed by atoms with van der Waals surface area (Å²) in [6.07, 6.45) is 0.683. The minimum atomic E-state index is -0.410. The highest BCUT2D eigenvalue weighted by molar-refractivity contribution is 6.42. The van der Waals surface area contributed by atoms with E-state index >= 15 is 0 Å². The number of amides is 3. The van der Waals surface area contributed by atoms with Gasteiger partial charge in [0.05, 0.1) is 21.4 Å². The lowest BCUT2D eigenvalue weighted by atomic mass is 10.1. The number of urea groups is 1. The van der Waals surface area contributed by atoms with Gasteiger partial charge in [-0.15, -0.1) is 0 Å². The van der Waals surface area contributed by atoms with Crippen LogP contribution >= 0.6 is 23.2 Å². The molecule has 0 aliphatic rings. The zero-order valence-electron chi connectivity index (χ0n) is 19.6. The number of carbonyl (C=O) groups is 2. The summed E-state index contributed by atoms with van der Waals surface area (Å²) in [6, 6.07) is 25.5. The predicted octanol–water partition coefficient (Wildman–Crippen LogP) is 6.73. The van der Waals surface area contributed by atoms with E-state index in [0.717, 1.165) is 16.9 Å². The largest absolute Gasteiger partial charge is 0.322 e. The topological polar surface area (TPSA) is 79.3 Å². The molecule has 0 saturated heterocycles. The Morgan fingerprint density at radius 3 is 2.25 bits per heavy atom. The Morgan fingerprint density at radius 2 is 1.58 bits per heavy atom. The molecular weight excluding hydrogens is 497 g/mol. The van der Waals surface area contributed by atoms with Crippen molar-refractivity contribution in [2.24, 2.45) is 0 Å². The Labute approximate surface area is 219 Å². The standard InChI is InChI=1S/C27H25Cl2N5O2/c1-2-15-33(27(36)30-20-13-14-22(28)23(29)16-20)18-26(35)31-25-17-24(19-9-5-3-6-10-19)32-34(25)21-11-7-4-8-12-21/h3-14,16-17H,2,15,18H2,1H3,(H,30,36)(H,31,35). The van der Waals surface area contributed by atoms with Crippen LogP contribution in [0.2, 0.25) is 10.0 Å². The second kappa shape index (κ2) is 11.7. The van der Waals surface area contributed by atoms with Crippen LogP contribution in [0.25, 0.3) is 16.9 Å². The number of hydrogen-bond acceptors (Lipinski definition) is 3. The van der Waals surface area contributed by atoms with Crippen LogP contribution in [0.3, 0.4) is 0 Å². The quantitative estimate of drug-likeness (QED) is 0.269. The Hall–Kier alpha value is -3.81. The molecule has 184 valence electrons. The van der Waals surface area contributed by atoms with Crippen LogP contribution in [0, 0.1) is 0 Å². The zero-order valence-corrected chi connectivity index (χ0v) is 21.1. The van der Waals surface area contributed by atoms with Crippen molar-refractivity contribution in [1.29, 1.82) is 0 Å². The normalized spacial score (nSPS) is 10.6. The molecule has 4 aromatic rings. The average Bonchev–Trinajstić information content (AvgIpc) is 3.30. The Morgan fingerprint density at radius 1 is 0.889 bits per heavy atom. The van der Waals surface area contributed by atoms with E-state index in [9.17, 15) is 9.59 Å². The zero-order chi connectivity index (χ0) is 25.5. The SMILES string of the molecule is CCCN(CC(=O)Nc1cc(-c2ccccc2)nn1-c1ccccc1)C(=O)Nc1ccc(Cl)c(Cl)c1. The van der Waals surface area contributed by atoms with E-state index in [1.807, 2.05) is 73.7 Å². The molecule has 7 nitrogen and oxygen atoms in total. The van der Waals surface area contributed by atoms with Gasteiger partial charge in [0.2, 0.25) is 5.91 Å². The lowest BCUT2D eigenvalue weighted by Crippen LogP contribution is -2.41. The molecule has 0 radical (unpaired) electrons. The Balaban J connectivity index is 1.53. The Bertz CT molecular complexity index is 1340. The third-order valence-corrected chi connectivity index (χ3v) is 6.07. The van der Waals surface area contributed by atoms with Gasteiger partial charge in [-0.1, -0.05) is 78.7 Å². The summed E-state index contributed by atoms with van der Waals surface area (Å²) in [4.78, 5) is 27.4. The maximum absolute atomic E-state index is 13.1. The van der Waals surface area contributed by atoms with Crippen LogP contribution in [0.5, 0.6) is 0 Å². The van der Waals surface area contributed by atoms with Gasteiger partial charge in [0.25, 0.3) is 0 Å². The lowest BCUT2D eigenvalue weighted by molar-refractivity contribution is -0.116. The van der Waals surface area contributed by atoms with E-state index in [2.05, 4.69) is 10.6 Å². The highest BCUT2D eigenvalue weighted by Gasteiger charge is 2.19. The maximum atomic E-state index is 13.1. The number of nitrogens with one attached hydrogen (secondary N) is 2. The van der Waals surface area contributed by atoms with Crippen LogP contribution in [0.1, 0.15) is 13.3 Å². The number of rotatable bonds is 8. The van der Waals surface area contributed by atoms with Gasteiger partial charge in [-0.2, -0.15) is 5.10 Å². The van der Waals surface area contributed by atoms with Gasteiger partial charge in [0, 0.05) is 23.9 Å². The molecule has 9 heteroatoms. The molecule has 4 rings (SSSR count). The number of halogens is 2. The number of carbonyl (C=O) groups excluding carboxylic acids is 2. The summed E-state index contributed by atoms with van der Waals surface area (Å²) in [6.45, 7) is 2.20. The van der Waals surface area contributed by atoms with Crippen LogP contribution in [-0.2, 0) is 4.79 Å². The molecule has 0 atom stereocenters. The van der Waals surface area contributed by atoms with Crippen molar-refractivity contribution in [3.63, 3.8) is 0 Å².